The Balaban J connectivity index is 1.46. The standard InChI is InChI=1S/C29H40N2O6/c1-20(29(32)33)15-23-17-25(22-6-8-24(35-3)9-7-22)28(18-30-23)37-19-21-5-10-27-26(16-21)31(12-14-36-27)11-4-13-34-2/h5-10,16,20,23,25,28,30H,4,11-15,17-19H2,1-3H3,(H,32,33)/t20?,23-,25+,28-/m0/s1. The molecule has 0 radical (unpaired) electrons. The highest BCUT2D eigenvalue weighted by Gasteiger charge is 2.33. The summed E-state index contributed by atoms with van der Waals surface area (Å²) in [6, 6.07) is 14.6. The van der Waals surface area contributed by atoms with Gasteiger partial charge in [0.15, 0.2) is 0 Å². The van der Waals surface area contributed by atoms with Crippen molar-refractivity contribution in [1.82, 2.24) is 5.32 Å². The summed E-state index contributed by atoms with van der Waals surface area (Å²) in [5.41, 5.74) is 3.40. The van der Waals surface area contributed by atoms with Gasteiger partial charge in [-0.1, -0.05) is 25.1 Å². The van der Waals surface area contributed by atoms with Gasteiger partial charge in [-0.2, -0.15) is 0 Å². The quantitative estimate of drug-likeness (QED) is 0.412. The molecule has 0 saturated carbocycles. The van der Waals surface area contributed by atoms with E-state index in [1.54, 1.807) is 21.1 Å². The van der Waals surface area contributed by atoms with Crippen LogP contribution < -0.4 is 19.7 Å². The fraction of sp³-hybridized carbons (Fsp3) is 0.552. The number of benzene rings is 2. The first-order valence-corrected chi connectivity index (χ1v) is 13.2. The number of hydrogen-bond donors (Lipinski definition) is 2. The number of nitrogens with zero attached hydrogens (tertiary/aromatic N) is 1. The molecule has 0 aliphatic carbocycles. The zero-order valence-electron chi connectivity index (χ0n) is 22.2. The van der Waals surface area contributed by atoms with E-state index in [9.17, 15) is 9.90 Å². The lowest BCUT2D eigenvalue weighted by Crippen LogP contribution is -2.47. The number of anilines is 1. The fourth-order valence-electron chi connectivity index (χ4n) is 5.29. The van der Waals surface area contributed by atoms with Crippen LogP contribution in [0.15, 0.2) is 42.5 Å². The Hall–Kier alpha value is -2.81. The van der Waals surface area contributed by atoms with Gasteiger partial charge in [-0.05, 0) is 54.7 Å². The van der Waals surface area contributed by atoms with E-state index >= 15 is 0 Å². The molecule has 8 heteroatoms. The van der Waals surface area contributed by atoms with E-state index in [1.807, 2.05) is 18.2 Å². The molecule has 2 heterocycles. The van der Waals surface area contributed by atoms with Crippen LogP contribution in [0.3, 0.4) is 0 Å². The maximum absolute atomic E-state index is 11.4. The summed E-state index contributed by atoms with van der Waals surface area (Å²) in [7, 11) is 3.40. The molecule has 202 valence electrons. The number of piperidine rings is 1. The Kier molecular flexibility index (Phi) is 9.66. The van der Waals surface area contributed by atoms with Gasteiger partial charge in [0.1, 0.15) is 18.1 Å². The summed E-state index contributed by atoms with van der Waals surface area (Å²) < 4.78 is 23.0. The van der Waals surface area contributed by atoms with Crippen LogP contribution in [0, 0.1) is 5.92 Å². The Bertz CT molecular complexity index is 1010. The number of carbonyl (C=O) groups is 1. The second-order valence-electron chi connectivity index (χ2n) is 10.0. The van der Waals surface area contributed by atoms with E-state index in [1.165, 1.54) is 5.56 Å². The minimum Gasteiger partial charge on any atom is -0.497 e. The van der Waals surface area contributed by atoms with Crippen LogP contribution in [0.5, 0.6) is 11.5 Å². The van der Waals surface area contributed by atoms with Gasteiger partial charge in [0.2, 0.25) is 0 Å². The molecule has 1 unspecified atom stereocenters. The number of hydrogen-bond acceptors (Lipinski definition) is 7. The Morgan fingerprint density at radius 1 is 1.22 bits per heavy atom. The summed E-state index contributed by atoms with van der Waals surface area (Å²) in [5, 5.41) is 12.9. The van der Waals surface area contributed by atoms with Crippen LogP contribution in [0.25, 0.3) is 0 Å². The number of aliphatic carboxylic acids is 1. The minimum atomic E-state index is -0.756. The number of carboxylic acid groups (broad SMARTS) is 1. The molecule has 4 atom stereocenters. The molecule has 0 spiro atoms. The van der Waals surface area contributed by atoms with Crippen molar-refractivity contribution < 1.29 is 28.8 Å². The number of carboxylic acids is 1. The predicted octanol–water partition coefficient (Wildman–Crippen LogP) is 4.07. The van der Waals surface area contributed by atoms with Crippen molar-refractivity contribution in [3.05, 3.63) is 53.6 Å². The molecule has 0 amide bonds. The zero-order valence-corrected chi connectivity index (χ0v) is 22.2. The van der Waals surface area contributed by atoms with E-state index in [0.717, 1.165) is 55.3 Å². The van der Waals surface area contributed by atoms with Gasteiger partial charge in [0, 0.05) is 38.8 Å². The highest BCUT2D eigenvalue weighted by atomic mass is 16.5. The second-order valence-corrected chi connectivity index (χ2v) is 10.0. The first kappa shape index (κ1) is 27.2. The average molecular weight is 513 g/mol. The third-order valence-corrected chi connectivity index (χ3v) is 7.42. The Morgan fingerprint density at radius 2 is 2.03 bits per heavy atom. The van der Waals surface area contributed by atoms with Crippen LogP contribution in [-0.2, 0) is 20.9 Å². The van der Waals surface area contributed by atoms with Crippen molar-refractivity contribution in [2.45, 2.75) is 50.9 Å². The molecule has 37 heavy (non-hydrogen) atoms. The molecule has 1 fully saturated rings. The predicted molar refractivity (Wildman–Crippen MR) is 143 cm³/mol. The first-order valence-electron chi connectivity index (χ1n) is 13.2. The molecule has 4 rings (SSSR count). The molecule has 2 aromatic rings. The summed E-state index contributed by atoms with van der Waals surface area (Å²) in [4.78, 5) is 13.8. The Morgan fingerprint density at radius 3 is 2.76 bits per heavy atom. The van der Waals surface area contributed by atoms with E-state index in [0.29, 0.717) is 26.2 Å². The number of rotatable bonds is 12. The van der Waals surface area contributed by atoms with Crippen molar-refractivity contribution in [1.29, 1.82) is 0 Å². The molecule has 2 aliphatic heterocycles. The number of fused-ring (bicyclic) bond motifs is 1. The summed E-state index contributed by atoms with van der Waals surface area (Å²) in [5.74, 6) is 0.741. The smallest absolute Gasteiger partial charge is 0.306 e. The van der Waals surface area contributed by atoms with Gasteiger partial charge >= 0.3 is 5.97 Å². The van der Waals surface area contributed by atoms with Gasteiger partial charge in [-0.3, -0.25) is 4.79 Å². The van der Waals surface area contributed by atoms with E-state index < -0.39 is 11.9 Å². The van der Waals surface area contributed by atoms with Crippen molar-refractivity contribution >= 4 is 11.7 Å². The van der Waals surface area contributed by atoms with E-state index in [4.69, 9.17) is 18.9 Å². The molecule has 2 N–H and O–H groups in total. The molecule has 2 aliphatic rings. The molecule has 0 bridgehead atoms. The largest absolute Gasteiger partial charge is 0.497 e. The Labute approximate surface area is 219 Å². The summed E-state index contributed by atoms with van der Waals surface area (Å²) >= 11 is 0. The monoisotopic (exact) mass is 512 g/mol. The van der Waals surface area contributed by atoms with Crippen LogP contribution in [0.1, 0.15) is 43.2 Å². The summed E-state index contributed by atoms with van der Waals surface area (Å²) in [6.07, 6.45) is 2.35. The van der Waals surface area contributed by atoms with Crippen molar-refractivity contribution in [3.63, 3.8) is 0 Å². The van der Waals surface area contributed by atoms with Crippen LogP contribution >= 0.6 is 0 Å². The number of ether oxygens (including phenoxy) is 4. The van der Waals surface area contributed by atoms with Gasteiger partial charge in [0.05, 0.1) is 38.0 Å². The molecular weight excluding hydrogens is 472 g/mol. The number of nitrogens with one attached hydrogen (secondary N) is 1. The van der Waals surface area contributed by atoms with E-state index in [-0.39, 0.29) is 18.1 Å². The lowest BCUT2D eigenvalue weighted by atomic mass is 9.81. The molecule has 1 saturated heterocycles. The van der Waals surface area contributed by atoms with Crippen LogP contribution in [-0.4, -0.2) is 70.3 Å². The minimum absolute atomic E-state index is 0.0325. The lowest BCUT2D eigenvalue weighted by Gasteiger charge is -2.38. The van der Waals surface area contributed by atoms with Crippen molar-refractivity contribution in [3.8, 4) is 11.5 Å². The third-order valence-electron chi connectivity index (χ3n) is 7.42. The van der Waals surface area contributed by atoms with Gasteiger partial charge in [-0.25, -0.2) is 0 Å². The number of methoxy groups -OCH3 is 2. The first-order chi connectivity index (χ1) is 18.0. The zero-order chi connectivity index (χ0) is 26.2. The van der Waals surface area contributed by atoms with Gasteiger partial charge in [-0.15, -0.1) is 0 Å². The topological polar surface area (TPSA) is 89.5 Å². The van der Waals surface area contributed by atoms with Crippen LogP contribution in [0.2, 0.25) is 0 Å². The molecule has 2 aromatic carbocycles. The fourth-order valence-corrected chi connectivity index (χ4v) is 5.29. The molecular formula is C29H40N2O6. The van der Waals surface area contributed by atoms with E-state index in [2.05, 4.69) is 34.5 Å². The molecule has 0 aromatic heterocycles. The average Bonchev–Trinajstić information content (AvgIpc) is 2.92. The second kappa shape index (κ2) is 13.1. The normalized spacial score (nSPS) is 22.1. The highest BCUT2D eigenvalue weighted by molar-refractivity contribution is 5.69. The van der Waals surface area contributed by atoms with Crippen molar-refractivity contribution in [2.24, 2.45) is 5.92 Å². The van der Waals surface area contributed by atoms with Gasteiger partial charge < -0.3 is 34.3 Å². The summed E-state index contributed by atoms with van der Waals surface area (Å²) in [6.45, 7) is 6.16. The lowest BCUT2D eigenvalue weighted by molar-refractivity contribution is -0.141. The van der Waals surface area contributed by atoms with Crippen molar-refractivity contribution in [2.75, 3.05) is 52.0 Å². The maximum atomic E-state index is 11.4. The van der Waals surface area contributed by atoms with Gasteiger partial charge in [0.25, 0.3) is 0 Å². The third kappa shape index (κ3) is 7.15. The SMILES string of the molecule is COCCCN1CCOc2ccc(CO[C@H]3CN[C@@H](CC(C)C(=O)O)C[C@@H]3c3ccc(OC)cc3)cc21. The van der Waals surface area contributed by atoms with Crippen LogP contribution in [0.4, 0.5) is 5.69 Å². The molecule has 8 nitrogen and oxygen atoms in total. The highest BCUT2D eigenvalue weighted by Crippen LogP contribution is 2.35. The maximum Gasteiger partial charge on any atom is 0.306 e.